The topological polar surface area (TPSA) is 35.6 Å². The van der Waals surface area contributed by atoms with Crippen molar-refractivity contribution in [1.29, 1.82) is 0 Å². The molecule has 1 aliphatic rings. The fraction of sp³-hybridized carbons (Fsp3) is 0.381. The second-order valence-corrected chi connectivity index (χ2v) is 7.52. The molecule has 0 aliphatic carbocycles. The van der Waals surface area contributed by atoms with Crippen molar-refractivity contribution in [3.8, 4) is 0 Å². The lowest BCUT2D eigenvalue weighted by atomic mass is 10.1. The number of benzene rings is 2. The van der Waals surface area contributed by atoms with E-state index < -0.39 is 0 Å². The van der Waals surface area contributed by atoms with E-state index in [0.29, 0.717) is 10.6 Å². The van der Waals surface area contributed by atoms with Crippen LogP contribution < -0.4 is 10.2 Å². The standard InChI is InChI=1S/C21H25ClFN3O/c1-15-12-16(26-10-3-4-11-26)8-9-20(15)24-21(27)14-25(2)13-17-18(22)6-5-7-19(17)23/h5-9,12H,3-4,10-11,13-14H2,1-2H3,(H,24,27). The van der Waals surface area contributed by atoms with Crippen LogP contribution in [-0.2, 0) is 11.3 Å². The Morgan fingerprint density at radius 2 is 2.00 bits per heavy atom. The van der Waals surface area contributed by atoms with E-state index in [0.717, 1.165) is 24.3 Å². The van der Waals surface area contributed by atoms with Gasteiger partial charge in [0.2, 0.25) is 5.91 Å². The van der Waals surface area contributed by atoms with Gasteiger partial charge in [-0.3, -0.25) is 9.69 Å². The highest BCUT2D eigenvalue weighted by Gasteiger charge is 2.15. The number of halogens is 2. The van der Waals surface area contributed by atoms with Gasteiger partial charge in [-0.15, -0.1) is 0 Å². The lowest BCUT2D eigenvalue weighted by Gasteiger charge is -2.20. The van der Waals surface area contributed by atoms with Gasteiger partial charge >= 0.3 is 0 Å². The third-order valence-electron chi connectivity index (χ3n) is 4.86. The lowest BCUT2D eigenvalue weighted by molar-refractivity contribution is -0.117. The molecule has 0 saturated carbocycles. The van der Waals surface area contributed by atoms with E-state index in [9.17, 15) is 9.18 Å². The van der Waals surface area contributed by atoms with Crippen molar-refractivity contribution in [3.05, 3.63) is 58.4 Å². The Morgan fingerprint density at radius 3 is 2.67 bits per heavy atom. The smallest absolute Gasteiger partial charge is 0.238 e. The number of hydrogen-bond acceptors (Lipinski definition) is 3. The molecule has 0 radical (unpaired) electrons. The number of amides is 1. The number of likely N-dealkylation sites (N-methyl/N-ethyl adjacent to an activating group) is 1. The van der Waals surface area contributed by atoms with Crippen molar-refractivity contribution in [2.45, 2.75) is 26.3 Å². The van der Waals surface area contributed by atoms with Crippen molar-refractivity contribution < 1.29 is 9.18 Å². The van der Waals surface area contributed by atoms with E-state index >= 15 is 0 Å². The van der Waals surface area contributed by atoms with Gasteiger partial charge in [0.25, 0.3) is 0 Å². The van der Waals surface area contributed by atoms with Gasteiger partial charge in [-0.05, 0) is 62.7 Å². The maximum Gasteiger partial charge on any atom is 0.238 e. The van der Waals surface area contributed by atoms with E-state index in [2.05, 4.69) is 22.3 Å². The highest BCUT2D eigenvalue weighted by molar-refractivity contribution is 6.31. The predicted molar refractivity (Wildman–Crippen MR) is 109 cm³/mol. The van der Waals surface area contributed by atoms with Crippen molar-refractivity contribution in [3.63, 3.8) is 0 Å². The number of hydrogen-bond donors (Lipinski definition) is 1. The number of nitrogens with zero attached hydrogens (tertiary/aromatic N) is 2. The molecule has 27 heavy (non-hydrogen) atoms. The number of nitrogens with one attached hydrogen (secondary N) is 1. The summed E-state index contributed by atoms with van der Waals surface area (Å²) in [7, 11) is 1.77. The molecule has 3 rings (SSSR count). The highest BCUT2D eigenvalue weighted by Crippen LogP contribution is 2.25. The fourth-order valence-corrected chi connectivity index (χ4v) is 3.63. The molecule has 6 heteroatoms. The van der Waals surface area contributed by atoms with Gasteiger partial charge in [-0.2, -0.15) is 0 Å². The summed E-state index contributed by atoms with van der Waals surface area (Å²) in [6.45, 7) is 4.60. The van der Waals surface area contributed by atoms with Crippen LogP contribution in [-0.4, -0.2) is 37.5 Å². The quantitative estimate of drug-likeness (QED) is 0.792. The predicted octanol–water partition coefficient (Wildman–Crippen LogP) is 4.46. The molecule has 1 saturated heterocycles. The zero-order valence-electron chi connectivity index (χ0n) is 15.8. The third-order valence-corrected chi connectivity index (χ3v) is 5.21. The van der Waals surface area contributed by atoms with Crippen LogP contribution >= 0.6 is 11.6 Å². The Labute approximate surface area is 164 Å². The maximum absolute atomic E-state index is 13.9. The second kappa shape index (κ2) is 8.72. The summed E-state index contributed by atoms with van der Waals surface area (Å²) in [6, 6.07) is 10.7. The number of carbonyl (C=O) groups excluding carboxylic acids is 1. The molecule has 0 bridgehead atoms. The number of rotatable bonds is 6. The molecule has 2 aromatic rings. The van der Waals surface area contributed by atoms with Gasteiger partial charge in [0, 0.05) is 41.6 Å². The summed E-state index contributed by atoms with van der Waals surface area (Å²) < 4.78 is 13.9. The Hall–Kier alpha value is -2.11. The normalized spacial score (nSPS) is 14.0. The monoisotopic (exact) mass is 389 g/mol. The molecule has 1 N–H and O–H groups in total. The van der Waals surface area contributed by atoms with Crippen LogP contribution in [0.25, 0.3) is 0 Å². The average molecular weight is 390 g/mol. The summed E-state index contributed by atoms with van der Waals surface area (Å²) in [5.74, 6) is -0.495. The largest absolute Gasteiger partial charge is 0.372 e. The van der Waals surface area contributed by atoms with Gasteiger partial charge < -0.3 is 10.2 Å². The van der Waals surface area contributed by atoms with E-state index in [1.54, 1.807) is 24.1 Å². The zero-order valence-corrected chi connectivity index (χ0v) is 16.5. The average Bonchev–Trinajstić information content (AvgIpc) is 3.14. The number of anilines is 2. The maximum atomic E-state index is 13.9. The minimum atomic E-state index is -0.358. The summed E-state index contributed by atoms with van der Waals surface area (Å²) in [6.07, 6.45) is 2.46. The van der Waals surface area contributed by atoms with Crippen LogP contribution in [0, 0.1) is 12.7 Å². The summed E-state index contributed by atoms with van der Waals surface area (Å²) >= 11 is 6.06. The Bertz CT molecular complexity index is 801. The molecule has 0 aromatic heterocycles. The molecule has 144 valence electrons. The van der Waals surface area contributed by atoms with Crippen molar-refractivity contribution >= 4 is 28.9 Å². The molecule has 0 unspecified atom stereocenters. The van der Waals surface area contributed by atoms with Gasteiger partial charge in [0.15, 0.2) is 0 Å². The molecule has 1 heterocycles. The van der Waals surface area contributed by atoms with E-state index in [-0.39, 0.29) is 24.8 Å². The first-order valence-electron chi connectivity index (χ1n) is 9.21. The van der Waals surface area contributed by atoms with Crippen LogP contribution in [0.15, 0.2) is 36.4 Å². The molecule has 0 spiro atoms. The number of aryl methyl sites for hydroxylation is 1. The first kappa shape index (κ1) is 19.6. The van der Waals surface area contributed by atoms with Crippen molar-refractivity contribution in [1.82, 2.24) is 4.90 Å². The number of carbonyl (C=O) groups is 1. The Kier molecular flexibility index (Phi) is 6.34. The Morgan fingerprint density at radius 1 is 1.26 bits per heavy atom. The molecule has 1 fully saturated rings. The zero-order chi connectivity index (χ0) is 19.4. The molecule has 4 nitrogen and oxygen atoms in total. The summed E-state index contributed by atoms with van der Waals surface area (Å²) in [5, 5.41) is 3.32. The first-order chi connectivity index (χ1) is 12.9. The Balaban J connectivity index is 1.58. The van der Waals surface area contributed by atoms with Gasteiger partial charge in [0.05, 0.1) is 6.54 Å². The fourth-order valence-electron chi connectivity index (χ4n) is 3.40. The van der Waals surface area contributed by atoms with Crippen LogP contribution in [0.3, 0.4) is 0 Å². The molecule has 1 amide bonds. The van der Waals surface area contributed by atoms with Crippen LogP contribution in [0.4, 0.5) is 15.8 Å². The van der Waals surface area contributed by atoms with E-state index in [1.165, 1.54) is 24.6 Å². The highest BCUT2D eigenvalue weighted by atomic mass is 35.5. The van der Waals surface area contributed by atoms with Crippen LogP contribution in [0.2, 0.25) is 5.02 Å². The second-order valence-electron chi connectivity index (χ2n) is 7.11. The summed E-state index contributed by atoms with van der Waals surface area (Å²) in [4.78, 5) is 16.5. The van der Waals surface area contributed by atoms with Crippen LogP contribution in [0.5, 0.6) is 0 Å². The van der Waals surface area contributed by atoms with Gasteiger partial charge in [0.1, 0.15) is 5.82 Å². The molecular formula is C21H25ClFN3O. The molecule has 0 atom stereocenters. The molecular weight excluding hydrogens is 365 g/mol. The minimum absolute atomic E-state index is 0.137. The van der Waals surface area contributed by atoms with Crippen LogP contribution in [0.1, 0.15) is 24.0 Å². The SMILES string of the molecule is Cc1cc(N2CCCC2)ccc1NC(=O)CN(C)Cc1c(F)cccc1Cl. The molecule has 1 aliphatic heterocycles. The van der Waals surface area contributed by atoms with Gasteiger partial charge in [-0.25, -0.2) is 4.39 Å². The molecule has 2 aromatic carbocycles. The minimum Gasteiger partial charge on any atom is -0.372 e. The first-order valence-corrected chi connectivity index (χ1v) is 9.58. The van der Waals surface area contributed by atoms with Crippen molar-refractivity contribution in [2.24, 2.45) is 0 Å². The van der Waals surface area contributed by atoms with E-state index in [1.807, 2.05) is 13.0 Å². The lowest BCUT2D eigenvalue weighted by Crippen LogP contribution is -2.30. The van der Waals surface area contributed by atoms with E-state index in [4.69, 9.17) is 11.6 Å². The van der Waals surface area contributed by atoms with Gasteiger partial charge in [-0.1, -0.05) is 17.7 Å². The summed E-state index contributed by atoms with van der Waals surface area (Å²) in [5.41, 5.74) is 3.45. The third kappa shape index (κ3) is 4.99. The van der Waals surface area contributed by atoms with Crippen molar-refractivity contribution in [2.75, 3.05) is 36.9 Å².